The molecule has 0 spiro atoms. The Morgan fingerprint density at radius 2 is 2.00 bits per heavy atom. The first kappa shape index (κ1) is 12.6. The van der Waals surface area contributed by atoms with Crippen molar-refractivity contribution in [2.45, 2.75) is 13.5 Å². The minimum absolute atomic E-state index is 0.860. The van der Waals surface area contributed by atoms with E-state index in [-0.39, 0.29) is 0 Å². The summed E-state index contributed by atoms with van der Waals surface area (Å²) in [5, 5.41) is 3.40. The van der Waals surface area contributed by atoms with Crippen LogP contribution in [0.25, 0.3) is 0 Å². The predicted molar refractivity (Wildman–Crippen MR) is 77.3 cm³/mol. The number of aryl methyl sites for hydroxylation is 1. The molecule has 1 heterocycles. The van der Waals surface area contributed by atoms with Gasteiger partial charge in [-0.1, -0.05) is 6.07 Å². The van der Waals surface area contributed by atoms with E-state index in [2.05, 4.69) is 46.7 Å². The van der Waals surface area contributed by atoms with Crippen LogP contribution in [0.5, 0.6) is 0 Å². The van der Waals surface area contributed by atoms with Crippen LogP contribution in [0.2, 0.25) is 0 Å². The molecule has 2 rings (SSSR count). The lowest BCUT2D eigenvalue weighted by Crippen LogP contribution is -2.11. The number of benzene rings is 1. The van der Waals surface area contributed by atoms with Crippen LogP contribution in [0, 0.1) is 6.92 Å². The molecule has 2 aromatic rings. The number of rotatable bonds is 4. The number of nitrogens with one attached hydrogen (secondary N) is 1. The fourth-order valence-corrected chi connectivity index (χ4v) is 2.89. The highest BCUT2D eigenvalue weighted by atomic mass is 79.9. The second-order valence-corrected chi connectivity index (χ2v) is 5.40. The zero-order valence-corrected chi connectivity index (χ0v) is 12.6. The highest BCUT2D eigenvalue weighted by Crippen LogP contribution is 2.30. The molecular weight excluding hydrogens is 346 g/mol. The third-order valence-electron chi connectivity index (χ3n) is 2.54. The second-order valence-electron chi connectivity index (χ2n) is 3.69. The number of anilines is 1. The minimum atomic E-state index is 0.860. The predicted octanol–water partition coefficient (Wildman–Crippen LogP) is 3.83. The number of nitrogens with zero attached hydrogens (tertiary/aromatic N) is 2. The van der Waals surface area contributed by atoms with Crippen LogP contribution in [0.1, 0.15) is 5.82 Å². The van der Waals surface area contributed by atoms with E-state index in [1.165, 1.54) is 0 Å². The van der Waals surface area contributed by atoms with Crippen LogP contribution in [0.4, 0.5) is 5.69 Å². The molecule has 1 aromatic carbocycles. The van der Waals surface area contributed by atoms with Crippen molar-refractivity contribution in [3.8, 4) is 0 Å². The minimum Gasteiger partial charge on any atom is -0.381 e. The molecular formula is C12H13Br2N3. The number of hydrogen-bond acceptors (Lipinski definition) is 2. The molecule has 0 fully saturated rings. The molecule has 0 amide bonds. The van der Waals surface area contributed by atoms with Gasteiger partial charge in [0.15, 0.2) is 0 Å². The van der Waals surface area contributed by atoms with E-state index < -0.39 is 0 Å². The molecule has 0 aliphatic rings. The summed E-state index contributed by atoms with van der Waals surface area (Å²) in [5.41, 5.74) is 1.09. The van der Waals surface area contributed by atoms with Gasteiger partial charge < -0.3 is 9.88 Å². The molecule has 1 N–H and O–H groups in total. The molecule has 0 aliphatic carbocycles. The largest absolute Gasteiger partial charge is 0.381 e. The summed E-state index contributed by atoms with van der Waals surface area (Å²) in [5.74, 6) is 1.04. The molecule has 0 aliphatic heterocycles. The summed E-state index contributed by atoms with van der Waals surface area (Å²) in [6.45, 7) is 3.77. The molecule has 0 radical (unpaired) electrons. The first-order valence-electron chi connectivity index (χ1n) is 5.34. The first-order chi connectivity index (χ1) is 8.18. The van der Waals surface area contributed by atoms with Crippen molar-refractivity contribution in [2.24, 2.45) is 0 Å². The summed E-state index contributed by atoms with van der Waals surface area (Å²) in [6, 6.07) is 6.05. The van der Waals surface area contributed by atoms with Crippen molar-refractivity contribution in [2.75, 3.05) is 11.9 Å². The van der Waals surface area contributed by atoms with Crippen LogP contribution in [-0.2, 0) is 6.54 Å². The van der Waals surface area contributed by atoms with Crippen LogP contribution in [-0.4, -0.2) is 16.1 Å². The molecule has 1 aromatic heterocycles. The quantitative estimate of drug-likeness (QED) is 0.900. The van der Waals surface area contributed by atoms with Crippen molar-refractivity contribution in [1.29, 1.82) is 0 Å². The maximum Gasteiger partial charge on any atom is 0.105 e. The lowest BCUT2D eigenvalue weighted by atomic mass is 10.3. The van der Waals surface area contributed by atoms with Gasteiger partial charge in [0.2, 0.25) is 0 Å². The fourth-order valence-electron chi connectivity index (χ4n) is 1.61. The topological polar surface area (TPSA) is 29.9 Å². The number of halogens is 2. The Morgan fingerprint density at radius 1 is 1.29 bits per heavy atom. The monoisotopic (exact) mass is 357 g/mol. The van der Waals surface area contributed by atoms with E-state index in [9.17, 15) is 0 Å². The number of aromatic nitrogens is 2. The second kappa shape index (κ2) is 5.69. The smallest absolute Gasteiger partial charge is 0.105 e. The van der Waals surface area contributed by atoms with Crippen molar-refractivity contribution in [3.05, 3.63) is 45.4 Å². The standard InChI is InChI=1S/C12H13Br2N3/c1-9-15-5-7-17(9)8-6-16-12-10(13)3-2-4-11(12)14/h2-5,7,16H,6,8H2,1H3. The lowest BCUT2D eigenvalue weighted by Gasteiger charge is -2.11. The third-order valence-corrected chi connectivity index (χ3v) is 3.86. The molecule has 5 heteroatoms. The van der Waals surface area contributed by atoms with E-state index in [0.29, 0.717) is 0 Å². The van der Waals surface area contributed by atoms with E-state index in [1.54, 1.807) is 0 Å². The highest BCUT2D eigenvalue weighted by Gasteiger charge is 2.03. The van der Waals surface area contributed by atoms with Crippen LogP contribution in [0.15, 0.2) is 39.5 Å². The van der Waals surface area contributed by atoms with Crippen LogP contribution >= 0.6 is 31.9 Å². The zero-order valence-electron chi connectivity index (χ0n) is 9.45. The van der Waals surface area contributed by atoms with E-state index >= 15 is 0 Å². The first-order valence-corrected chi connectivity index (χ1v) is 6.92. The van der Waals surface area contributed by atoms with Gasteiger partial charge in [-0.15, -0.1) is 0 Å². The molecule has 0 saturated heterocycles. The Labute approximate surface area is 118 Å². The van der Waals surface area contributed by atoms with Crippen molar-refractivity contribution in [1.82, 2.24) is 9.55 Å². The SMILES string of the molecule is Cc1nccn1CCNc1c(Br)cccc1Br. The van der Waals surface area contributed by atoms with Crippen molar-refractivity contribution < 1.29 is 0 Å². The van der Waals surface area contributed by atoms with Gasteiger partial charge in [0, 0.05) is 34.4 Å². The summed E-state index contributed by atoms with van der Waals surface area (Å²) in [4.78, 5) is 4.19. The van der Waals surface area contributed by atoms with Crippen molar-refractivity contribution in [3.63, 3.8) is 0 Å². The van der Waals surface area contributed by atoms with E-state index in [1.807, 2.05) is 37.5 Å². The Balaban J connectivity index is 1.97. The van der Waals surface area contributed by atoms with Gasteiger partial charge in [0.25, 0.3) is 0 Å². The summed E-state index contributed by atoms with van der Waals surface area (Å²) in [6.07, 6.45) is 3.82. The van der Waals surface area contributed by atoms with Crippen LogP contribution in [0.3, 0.4) is 0 Å². The van der Waals surface area contributed by atoms with Gasteiger partial charge in [0.05, 0.1) is 5.69 Å². The Morgan fingerprint density at radius 3 is 2.59 bits per heavy atom. The van der Waals surface area contributed by atoms with E-state index in [0.717, 1.165) is 33.5 Å². The number of imidazole rings is 1. The third kappa shape index (κ3) is 3.10. The summed E-state index contributed by atoms with van der Waals surface area (Å²) >= 11 is 7.06. The fraction of sp³-hybridized carbons (Fsp3) is 0.250. The Kier molecular flexibility index (Phi) is 4.23. The Bertz CT molecular complexity index is 488. The van der Waals surface area contributed by atoms with Gasteiger partial charge in [0.1, 0.15) is 5.82 Å². The molecule has 90 valence electrons. The molecule has 17 heavy (non-hydrogen) atoms. The maximum atomic E-state index is 4.19. The van der Waals surface area contributed by atoms with Crippen LogP contribution < -0.4 is 5.32 Å². The number of hydrogen-bond donors (Lipinski definition) is 1. The van der Waals surface area contributed by atoms with Crippen molar-refractivity contribution >= 4 is 37.5 Å². The highest BCUT2D eigenvalue weighted by molar-refractivity contribution is 9.11. The average Bonchev–Trinajstić information content (AvgIpc) is 2.69. The summed E-state index contributed by atoms with van der Waals surface area (Å²) < 4.78 is 4.25. The summed E-state index contributed by atoms with van der Waals surface area (Å²) in [7, 11) is 0. The molecule has 0 bridgehead atoms. The van der Waals surface area contributed by atoms with Gasteiger partial charge in [-0.3, -0.25) is 0 Å². The molecule has 0 atom stereocenters. The molecule has 3 nitrogen and oxygen atoms in total. The van der Waals surface area contributed by atoms with Gasteiger partial charge in [-0.05, 0) is 50.9 Å². The van der Waals surface area contributed by atoms with Gasteiger partial charge >= 0.3 is 0 Å². The molecule has 0 saturated carbocycles. The van der Waals surface area contributed by atoms with E-state index in [4.69, 9.17) is 0 Å². The number of para-hydroxylation sites is 1. The Hall–Kier alpha value is -0.810. The lowest BCUT2D eigenvalue weighted by molar-refractivity contribution is 0.700. The normalized spacial score (nSPS) is 10.5. The van der Waals surface area contributed by atoms with Gasteiger partial charge in [-0.2, -0.15) is 0 Å². The zero-order chi connectivity index (χ0) is 12.3. The average molecular weight is 359 g/mol. The maximum absolute atomic E-state index is 4.19. The molecule has 0 unspecified atom stereocenters. The van der Waals surface area contributed by atoms with Gasteiger partial charge in [-0.25, -0.2) is 4.98 Å².